The van der Waals surface area contributed by atoms with E-state index in [1.54, 1.807) is 12.1 Å². The van der Waals surface area contributed by atoms with E-state index in [1.807, 2.05) is 0 Å². The Hall–Kier alpha value is -0.600. The molecule has 1 fully saturated rings. The largest absolute Gasteiger partial charge is 0.390 e. The van der Waals surface area contributed by atoms with Gasteiger partial charge in [-0.05, 0) is 48.3 Å². The summed E-state index contributed by atoms with van der Waals surface area (Å²) in [5, 5.41) is 11.2. The average Bonchev–Trinajstić information content (AvgIpc) is 2.18. The van der Waals surface area contributed by atoms with Gasteiger partial charge in [0.2, 0.25) is 0 Å². The summed E-state index contributed by atoms with van der Waals surface area (Å²) < 4.78 is 13.9. The fourth-order valence-corrected chi connectivity index (χ4v) is 4.01. The highest BCUT2D eigenvalue weighted by Crippen LogP contribution is 2.45. The molecular formula is C16H22ClFO. The number of hydrogen-bond acceptors (Lipinski definition) is 1. The molecule has 1 aliphatic carbocycles. The van der Waals surface area contributed by atoms with Crippen LogP contribution < -0.4 is 0 Å². The Labute approximate surface area is 119 Å². The minimum Gasteiger partial charge on any atom is -0.390 e. The Morgan fingerprint density at radius 3 is 2.63 bits per heavy atom. The van der Waals surface area contributed by atoms with Gasteiger partial charge in [0, 0.05) is 11.4 Å². The van der Waals surface area contributed by atoms with E-state index in [1.165, 1.54) is 6.07 Å². The maximum atomic E-state index is 13.9. The maximum absolute atomic E-state index is 13.9. The van der Waals surface area contributed by atoms with Crippen LogP contribution in [0, 0.1) is 17.2 Å². The molecule has 0 aliphatic heterocycles. The summed E-state index contributed by atoms with van der Waals surface area (Å²) in [5.74, 6) is 0.140. The number of hydrogen-bond donors (Lipinski definition) is 1. The van der Waals surface area contributed by atoms with Gasteiger partial charge >= 0.3 is 0 Å². The quantitative estimate of drug-likeness (QED) is 0.841. The molecule has 0 spiro atoms. The lowest BCUT2D eigenvalue weighted by molar-refractivity contribution is -0.0579. The summed E-state index contributed by atoms with van der Waals surface area (Å²) in [6.45, 7) is 6.50. The van der Waals surface area contributed by atoms with E-state index in [4.69, 9.17) is 11.6 Å². The van der Waals surface area contributed by atoms with Crippen molar-refractivity contribution in [2.24, 2.45) is 11.3 Å². The lowest BCUT2D eigenvalue weighted by atomic mass is 9.64. The van der Waals surface area contributed by atoms with Gasteiger partial charge < -0.3 is 5.11 Å². The SMILES string of the molecule is CC1CC(C)(C)CC(O)(Cc2ccc(Cl)cc2F)C1. The van der Waals surface area contributed by atoms with E-state index >= 15 is 0 Å². The lowest BCUT2D eigenvalue weighted by Crippen LogP contribution is -2.43. The second kappa shape index (κ2) is 5.06. The first kappa shape index (κ1) is 14.8. The van der Waals surface area contributed by atoms with Crippen LogP contribution in [0.3, 0.4) is 0 Å². The summed E-state index contributed by atoms with van der Waals surface area (Å²) in [5.41, 5.74) is -0.151. The maximum Gasteiger partial charge on any atom is 0.127 e. The van der Waals surface area contributed by atoms with Crippen LogP contribution in [0.25, 0.3) is 0 Å². The topological polar surface area (TPSA) is 20.2 Å². The van der Waals surface area contributed by atoms with Gasteiger partial charge in [0.05, 0.1) is 5.60 Å². The molecule has 3 heteroatoms. The predicted molar refractivity (Wildman–Crippen MR) is 76.9 cm³/mol. The highest BCUT2D eigenvalue weighted by atomic mass is 35.5. The highest BCUT2D eigenvalue weighted by Gasteiger charge is 2.41. The van der Waals surface area contributed by atoms with Gasteiger partial charge in [0.15, 0.2) is 0 Å². The van der Waals surface area contributed by atoms with Crippen molar-refractivity contribution in [1.82, 2.24) is 0 Å². The van der Waals surface area contributed by atoms with Crippen molar-refractivity contribution in [2.45, 2.75) is 52.1 Å². The lowest BCUT2D eigenvalue weighted by Gasteiger charge is -2.44. The Bertz CT molecular complexity index is 472. The van der Waals surface area contributed by atoms with Gasteiger partial charge in [0.25, 0.3) is 0 Å². The van der Waals surface area contributed by atoms with E-state index in [0.29, 0.717) is 29.3 Å². The fourth-order valence-electron chi connectivity index (χ4n) is 3.85. The Kier molecular flexibility index (Phi) is 3.95. The molecule has 1 aromatic carbocycles. The zero-order chi connectivity index (χ0) is 14.3. The van der Waals surface area contributed by atoms with Crippen LogP contribution in [0.4, 0.5) is 4.39 Å². The molecule has 1 aromatic rings. The van der Waals surface area contributed by atoms with Crippen LogP contribution in [0.15, 0.2) is 18.2 Å². The van der Waals surface area contributed by atoms with Gasteiger partial charge in [-0.3, -0.25) is 0 Å². The molecule has 2 rings (SSSR count). The van der Waals surface area contributed by atoms with Crippen molar-refractivity contribution in [3.8, 4) is 0 Å². The van der Waals surface area contributed by atoms with E-state index in [0.717, 1.165) is 12.8 Å². The number of rotatable bonds is 2. The third-order valence-electron chi connectivity index (χ3n) is 3.97. The third-order valence-corrected chi connectivity index (χ3v) is 4.21. The van der Waals surface area contributed by atoms with Gasteiger partial charge in [-0.2, -0.15) is 0 Å². The van der Waals surface area contributed by atoms with Crippen molar-refractivity contribution in [1.29, 1.82) is 0 Å². The molecule has 0 radical (unpaired) electrons. The normalized spacial score (nSPS) is 30.3. The molecule has 1 nitrogen and oxygen atoms in total. The Morgan fingerprint density at radius 2 is 2.05 bits per heavy atom. The van der Waals surface area contributed by atoms with E-state index in [9.17, 15) is 9.50 Å². The molecule has 106 valence electrons. The van der Waals surface area contributed by atoms with Crippen LogP contribution in [0.2, 0.25) is 5.02 Å². The zero-order valence-electron chi connectivity index (χ0n) is 11.8. The summed E-state index contributed by atoms with van der Waals surface area (Å²) in [4.78, 5) is 0. The summed E-state index contributed by atoms with van der Waals surface area (Å²) in [6.07, 6.45) is 2.92. The molecule has 0 aromatic heterocycles. The van der Waals surface area contributed by atoms with Crippen molar-refractivity contribution >= 4 is 11.6 Å². The molecule has 1 saturated carbocycles. The van der Waals surface area contributed by atoms with Crippen molar-refractivity contribution in [3.63, 3.8) is 0 Å². The smallest absolute Gasteiger partial charge is 0.127 e. The van der Waals surface area contributed by atoms with Gasteiger partial charge in [-0.15, -0.1) is 0 Å². The van der Waals surface area contributed by atoms with Crippen molar-refractivity contribution in [2.75, 3.05) is 0 Å². The summed E-state index contributed by atoms with van der Waals surface area (Å²) in [7, 11) is 0. The average molecular weight is 285 g/mol. The van der Waals surface area contributed by atoms with Crippen LogP contribution >= 0.6 is 11.6 Å². The molecule has 19 heavy (non-hydrogen) atoms. The first-order chi connectivity index (χ1) is 8.69. The van der Waals surface area contributed by atoms with E-state index in [2.05, 4.69) is 20.8 Å². The molecule has 2 atom stereocenters. The van der Waals surface area contributed by atoms with Gasteiger partial charge in [-0.1, -0.05) is 38.4 Å². The van der Waals surface area contributed by atoms with Crippen molar-refractivity contribution < 1.29 is 9.50 Å². The van der Waals surface area contributed by atoms with Crippen LogP contribution in [-0.4, -0.2) is 10.7 Å². The molecule has 0 heterocycles. The van der Waals surface area contributed by atoms with E-state index < -0.39 is 5.60 Å². The number of aliphatic hydroxyl groups is 1. The first-order valence-corrected chi connectivity index (χ1v) is 7.23. The number of halogens is 2. The summed E-state index contributed by atoms with van der Waals surface area (Å²) >= 11 is 5.76. The molecular weight excluding hydrogens is 263 g/mol. The Balaban J connectivity index is 2.21. The minimum absolute atomic E-state index is 0.106. The summed E-state index contributed by atoms with van der Waals surface area (Å²) in [6, 6.07) is 4.68. The molecule has 0 saturated heterocycles. The second-order valence-corrected chi connectivity index (χ2v) is 7.43. The minimum atomic E-state index is -0.810. The zero-order valence-corrected chi connectivity index (χ0v) is 12.6. The fraction of sp³-hybridized carbons (Fsp3) is 0.625. The van der Waals surface area contributed by atoms with Crippen LogP contribution in [0.5, 0.6) is 0 Å². The molecule has 2 unspecified atom stereocenters. The van der Waals surface area contributed by atoms with Gasteiger partial charge in [-0.25, -0.2) is 4.39 Å². The second-order valence-electron chi connectivity index (χ2n) is 6.99. The van der Waals surface area contributed by atoms with E-state index in [-0.39, 0.29) is 11.2 Å². The Morgan fingerprint density at radius 1 is 1.37 bits per heavy atom. The van der Waals surface area contributed by atoms with Crippen LogP contribution in [-0.2, 0) is 6.42 Å². The van der Waals surface area contributed by atoms with Crippen LogP contribution in [0.1, 0.15) is 45.6 Å². The highest BCUT2D eigenvalue weighted by molar-refractivity contribution is 6.30. The molecule has 0 bridgehead atoms. The molecule has 1 N–H and O–H groups in total. The number of benzene rings is 1. The van der Waals surface area contributed by atoms with Crippen molar-refractivity contribution in [3.05, 3.63) is 34.6 Å². The molecule has 0 amide bonds. The third kappa shape index (κ3) is 3.70. The van der Waals surface area contributed by atoms with Gasteiger partial charge in [0.1, 0.15) is 5.82 Å². The standard InChI is InChI=1S/C16H22ClFO/c1-11-7-15(2,3)10-16(19,8-11)9-12-4-5-13(17)6-14(12)18/h4-6,11,19H,7-10H2,1-3H3. The molecule has 1 aliphatic rings. The first-order valence-electron chi connectivity index (χ1n) is 6.85. The monoisotopic (exact) mass is 284 g/mol. The predicted octanol–water partition coefficient (Wildman–Crippen LogP) is 4.60.